The molecule has 0 saturated carbocycles. The van der Waals surface area contributed by atoms with Crippen LogP contribution < -0.4 is 5.32 Å². The number of nitrogens with zero attached hydrogens (tertiary/aromatic N) is 2. The number of nitrogens with one attached hydrogen (secondary N) is 1. The number of amides is 1. The fourth-order valence-electron chi connectivity index (χ4n) is 2.67. The maximum absolute atomic E-state index is 14.2. The number of aryl methyl sites for hydroxylation is 1. The SMILES string of the molecule is CCN(CC)CCCNC(=O)c1c(-c2c(F)cccc2Cl)noc1C. The Morgan fingerprint density at radius 2 is 2.08 bits per heavy atom. The summed E-state index contributed by atoms with van der Waals surface area (Å²) in [4.78, 5) is 14.8. The van der Waals surface area contributed by atoms with E-state index in [1.165, 1.54) is 12.1 Å². The van der Waals surface area contributed by atoms with Gasteiger partial charge in [0.1, 0.15) is 22.8 Å². The van der Waals surface area contributed by atoms with Gasteiger partial charge in [0.05, 0.1) is 10.6 Å². The summed E-state index contributed by atoms with van der Waals surface area (Å²) < 4.78 is 19.3. The maximum atomic E-state index is 14.2. The normalized spacial score (nSPS) is 11.1. The summed E-state index contributed by atoms with van der Waals surface area (Å²) in [6.45, 7) is 9.21. The lowest BCUT2D eigenvalue weighted by molar-refractivity contribution is 0.0951. The van der Waals surface area contributed by atoms with Crippen LogP contribution in [0, 0.1) is 12.7 Å². The zero-order valence-corrected chi connectivity index (χ0v) is 15.5. The van der Waals surface area contributed by atoms with Gasteiger partial charge in [0, 0.05) is 6.54 Å². The van der Waals surface area contributed by atoms with E-state index in [2.05, 4.69) is 29.2 Å². The van der Waals surface area contributed by atoms with E-state index in [4.69, 9.17) is 16.1 Å². The molecule has 1 aromatic heterocycles. The number of hydrogen-bond acceptors (Lipinski definition) is 4. The molecular weight excluding hydrogens is 345 g/mol. The fourth-order valence-corrected chi connectivity index (χ4v) is 2.92. The molecule has 0 spiro atoms. The summed E-state index contributed by atoms with van der Waals surface area (Å²) in [6.07, 6.45) is 0.827. The number of halogens is 2. The summed E-state index contributed by atoms with van der Waals surface area (Å²) in [5.74, 6) is -0.556. The van der Waals surface area contributed by atoms with Gasteiger partial charge in [0.2, 0.25) is 0 Å². The fraction of sp³-hybridized carbons (Fsp3) is 0.444. The molecule has 1 aromatic carbocycles. The average Bonchev–Trinajstić information content (AvgIpc) is 2.96. The first kappa shape index (κ1) is 19.4. The van der Waals surface area contributed by atoms with Crippen molar-refractivity contribution in [2.45, 2.75) is 27.2 Å². The van der Waals surface area contributed by atoms with Crippen molar-refractivity contribution >= 4 is 17.5 Å². The molecule has 0 unspecified atom stereocenters. The molecule has 7 heteroatoms. The largest absolute Gasteiger partial charge is 0.360 e. The molecule has 0 aliphatic carbocycles. The molecule has 0 bridgehead atoms. The van der Waals surface area contributed by atoms with Gasteiger partial charge in [0.25, 0.3) is 5.91 Å². The van der Waals surface area contributed by atoms with Crippen LogP contribution in [0.1, 0.15) is 36.4 Å². The van der Waals surface area contributed by atoms with Crippen molar-refractivity contribution in [1.29, 1.82) is 0 Å². The highest BCUT2D eigenvalue weighted by Gasteiger charge is 2.25. The number of benzene rings is 1. The van der Waals surface area contributed by atoms with E-state index in [0.717, 1.165) is 26.1 Å². The van der Waals surface area contributed by atoms with E-state index in [1.54, 1.807) is 13.0 Å². The summed E-state index contributed by atoms with van der Waals surface area (Å²) in [6, 6.07) is 4.33. The Labute approximate surface area is 152 Å². The molecule has 1 N–H and O–H groups in total. The second-order valence-electron chi connectivity index (χ2n) is 5.70. The maximum Gasteiger partial charge on any atom is 0.257 e. The van der Waals surface area contributed by atoms with Crippen molar-refractivity contribution in [3.8, 4) is 11.3 Å². The number of carbonyl (C=O) groups is 1. The zero-order chi connectivity index (χ0) is 18.4. The van der Waals surface area contributed by atoms with Crippen LogP contribution in [-0.4, -0.2) is 42.1 Å². The predicted molar refractivity (Wildman–Crippen MR) is 96.4 cm³/mol. The first-order chi connectivity index (χ1) is 12.0. The van der Waals surface area contributed by atoms with Gasteiger partial charge in [-0.2, -0.15) is 0 Å². The zero-order valence-electron chi connectivity index (χ0n) is 14.7. The lowest BCUT2D eigenvalue weighted by Gasteiger charge is -2.17. The van der Waals surface area contributed by atoms with Crippen LogP contribution in [0.15, 0.2) is 22.7 Å². The van der Waals surface area contributed by atoms with E-state index < -0.39 is 5.82 Å². The second-order valence-corrected chi connectivity index (χ2v) is 6.10. The van der Waals surface area contributed by atoms with Gasteiger partial charge in [-0.25, -0.2) is 4.39 Å². The Kier molecular flexibility index (Phi) is 6.96. The average molecular weight is 368 g/mol. The Hall–Kier alpha value is -1.92. The van der Waals surface area contributed by atoms with Gasteiger partial charge in [-0.15, -0.1) is 0 Å². The van der Waals surface area contributed by atoms with Gasteiger partial charge in [-0.05, 0) is 45.1 Å². The smallest absolute Gasteiger partial charge is 0.257 e. The third-order valence-corrected chi connectivity index (χ3v) is 4.44. The lowest BCUT2D eigenvalue weighted by atomic mass is 10.0. The predicted octanol–water partition coefficient (Wildman–Crippen LogP) is 3.90. The molecule has 0 aliphatic rings. The topological polar surface area (TPSA) is 58.4 Å². The van der Waals surface area contributed by atoms with Crippen LogP contribution in [0.3, 0.4) is 0 Å². The first-order valence-electron chi connectivity index (χ1n) is 8.40. The minimum absolute atomic E-state index is 0.0781. The van der Waals surface area contributed by atoms with E-state index in [1.807, 2.05) is 0 Å². The molecule has 0 saturated heterocycles. The molecule has 0 radical (unpaired) electrons. The molecule has 0 fully saturated rings. The standard InChI is InChI=1S/C18H23ClFN3O2/c1-4-23(5-2)11-7-10-21-18(24)15-12(3)25-22-17(15)16-13(19)8-6-9-14(16)20/h6,8-9H,4-5,7,10-11H2,1-3H3,(H,21,24). The molecule has 1 amide bonds. The molecule has 25 heavy (non-hydrogen) atoms. The van der Waals surface area contributed by atoms with E-state index in [0.29, 0.717) is 12.3 Å². The number of rotatable bonds is 8. The van der Waals surface area contributed by atoms with Crippen molar-refractivity contribution in [2.24, 2.45) is 0 Å². The highest BCUT2D eigenvalue weighted by molar-refractivity contribution is 6.33. The van der Waals surface area contributed by atoms with Gasteiger partial charge in [0.15, 0.2) is 0 Å². The molecule has 1 heterocycles. The number of aromatic nitrogens is 1. The molecule has 5 nitrogen and oxygen atoms in total. The molecular formula is C18H23ClFN3O2. The van der Waals surface area contributed by atoms with Crippen LogP contribution in [-0.2, 0) is 0 Å². The number of carbonyl (C=O) groups excluding carboxylic acids is 1. The number of hydrogen-bond donors (Lipinski definition) is 1. The van der Waals surface area contributed by atoms with Gasteiger partial charge < -0.3 is 14.7 Å². The van der Waals surface area contributed by atoms with E-state index >= 15 is 0 Å². The van der Waals surface area contributed by atoms with Crippen LogP contribution in [0.4, 0.5) is 4.39 Å². The van der Waals surface area contributed by atoms with Gasteiger partial charge in [-0.3, -0.25) is 4.79 Å². The van der Waals surface area contributed by atoms with Crippen LogP contribution in [0.5, 0.6) is 0 Å². The summed E-state index contributed by atoms with van der Waals surface area (Å²) in [5.41, 5.74) is 0.422. The summed E-state index contributed by atoms with van der Waals surface area (Å²) >= 11 is 6.08. The third-order valence-electron chi connectivity index (χ3n) is 4.12. The van der Waals surface area contributed by atoms with E-state index in [-0.39, 0.29) is 27.8 Å². The minimum atomic E-state index is -0.545. The second kappa shape index (κ2) is 8.97. The van der Waals surface area contributed by atoms with Gasteiger partial charge >= 0.3 is 0 Å². The molecule has 0 atom stereocenters. The first-order valence-corrected chi connectivity index (χ1v) is 8.78. The van der Waals surface area contributed by atoms with E-state index in [9.17, 15) is 9.18 Å². The highest BCUT2D eigenvalue weighted by atomic mass is 35.5. The highest BCUT2D eigenvalue weighted by Crippen LogP contribution is 2.33. The molecule has 136 valence electrons. The van der Waals surface area contributed by atoms with Crippen molar-refractivity contribution in [3.05, 3.63) is 40.4 Å². The third kappa shape index (κ3) is 4.58. The molecule has 2 aromatic rings. The van der Waals surface area contributed by atoms with Crippen LogP contribution >= 0.6 is 11.6 Å². The van der Waals surface area contributed by atoms with Crippen LogP contribution in [0.2, 0.25) is 5.02 Å². The van der Waals surface area contributed by atoms with Crippen molar-refractivity contribution in [1.82, 2.24) is 15.4 Å². The Morgan fingerprint density at radius 3 is 2.72 bits per heavy atom. The Balaban J connectivity index is 2.12. The Morgan fingerprint density at radius 1 is 1.36 bits per heavy atom. The molecule has 0 aliphatic heterocycles. The van der Waals surface area contributed by atoms with Crippen molar-refractivity contribution in [2.75, 3.05) is 26.2 Å². The minimum Gasteiger partial charge on any atom is -0.360 e. The monoisotopic (exact) mass is 367 g/mol. The lowest BCUT2D eigenvalue weighted by Crippen LogP contribution is -2.30. The van der Waals surface area contributed by atoms with Gasteiger partial charge in [-0.1, -0.05) is 36.7 Å². The summed E-state index contributed by atoms with van der Waals surface area (Å²) in [5, 5.41) is 6.87. The Bertz CT molecular complexity index is 709. The summed E-state index contributed by atoms with van der Waals surface area (Å²) in [7, 11) is 0. The molecule has 2 rings (SSSR count). The van der Waals surface area contributed by atoms with Crippen molar-refractivity contribution < 1.29 is 13.7 Å². The quantitative estimate of drug-likeness (QED) is 0.719. The van der Waals surface area contributed by atoms with Crippen LogP contribution in [0.25, 0.3) is 11.3 Å². The van der Waals surface area contributed by atoms with Crippen molar-refractivity contribution in [3.63, 3.8) is 0 Å².